The van der Waals surface area contributed by atoms with Crippen molar-refractivity contribution in [1.29, 1.82) is 0 Å². The van der Waals surface area contributed by atoms with E-state index in [9.17, 15) is 0 Å². The van der Waals surface area contributed by atoms with Crippen LogP contribution < -0.4 is 4.40 Å². The van der Waals surface area contributed by atoms with Crippen LogP contribution in [0.15, 0.2) is 115 Å². The minimum Gasteiger partial charge on any atom is -0.0654 e. The van der Waals surface area contributed by atoms with Crippen molar-refractivity contribution in [1.82, 2.24) is 2.81 Å². The molecule has 4 saturated carbocycles. The summed E-state index contributed by atoms with van der Waals surface area (Å²) in [4.78, 5) is 0. The number of unbranched alkanes of at least 4 members (excludes halogenated alkanes) is 3. The first kappa shape index (κ1) is 63.0. The summed E-state index contributed by atoms with van der Waals surface area (Å²) in [5.41, 5.74) is 23.9. The maximum Gasteiger partial charge on any atom is -0.0536 e. The van der Waals surface area contributed by atoms with Crippen LogP contribution in [-0.4, -0.2) is 40.7 Å². The van der Waals surface area contributed by atoms with Gasteiger partial charge in [0.05, 0.1) is 0 Å². The molecular weight excluding hydrogens is 1070 g/mol. The molecule has 0 amide bonds. The Balaban J connectivity index is 0.000000218. The molecule has 3 heteroatoms. The van der Waals surface area contributed by atoms with E-state index in [1.165, 1.54) is 153 Å². The van der Waals surface area contributed by atoms with E-state index in [-0.39, 0.29) is 0 Å². The first-order valence-electron chi connectivity index (χ1n) is 31.7. The normalized spacial score (nSPS) is 18.7. The van der Waals surface area contributed by atoms with Gasteiger partial charge in [0.2, 0.25) is 0 Å². The Morgan fingerprint density at radius 3 is 1.10 bits per heavy atom. The smallest absolute Gasteiger partial charge is 0.0536 e. The number of hydrogen-bond donors (Lipinski definition) is 0. The number of benzene rings is 6. The molecule has 0 heterocycles. The summed E-state index contributed by atoms with van der Waals surface area (Å²) in [6.45, 7) is 42.0. The average Bonchev–Trinajstić information content (AvgIpc) is 3.41. The van der Waals surface area contributed by atoms with Gasteiger partial charge in [-0.1, -0.05) is 154 Å². The van der Waals surface area contributed by atoms with Gasteiger partial charge in [-0.2, -0.15) is 0 Å². The Labute approximate surface area is 499 Å². The van der Waals surface area contributed by atoms with Crippen LogP contribution >= 0.6 is 0 Å². The van der Waals surface area contributed by atoms with Gasteiger partial charge in [-0.3, -0.25) is 0 Å². The predicted octanol–water partition coefficient (Wildman–Crippen LogP) is 22.2. The van der Waals surface area contributed by atoms with Crippen LogP contribution in [0.3, 0.4) is 0 Å². The molecule has 5 radical (unpaired) electrons. The van der Waals surface area contributed by atoms with Crippen molar-refractivity contribution in [3.63, 3.8) is 0 Å². The quantitative estimate of drug-likeness (QED) is 0.0471. The average molecular weight is 1180 g/mol. The molecule has 6 aromatic carbocycles. The van der Waals surface area contributed by atoms with Gasteiger partial charge in [0.1, 0.15) is 0 Å². The fourth-order valence-corrected chi connectivity index (χ4v) is 19.2. The summed E-state index contributed by atoms with van der Waals surface area (Å²) in [6.07, 6.45) is 14.4. The molecule has 1 nitrogen and oxygen atoms in total. The number of nitrogens with zero attached hydrogens (tertiary/aromatic N) is 1. The van der Waals surface area contributed by atoms with Crippen LogP contribution in [0.5, 0.6) is 0 Å². The van der Waals surface area contributed by atoms with Gasteiger partial charge in [0.15, 0.2) is 0 Å². The summed E-state index contributed by atoms with van der Waals surface area (Å²) >= 11 is 1.96. The second-order valence-electron chi connectivity index (χ2n) is 27.1. The second-order valence-corrected chi connectivity index (χ2v) is 32.5. The first-order valence-corrected chi connectivity index (χ1v) is 34.6. The molecule has 0 saturated heterocycles. The molecule has 10 rings (SSSR count). The minimum absolute atomic E-state index is 0.427. The summed E-state index contributed by atoms with van der Waals surface area (Å²) in [7, 11) is 0. The molecule has 0 N–H and O–H groups in total. The summed E-state index contributed by atoms with van der Waals surface area (Å²) in [5.74, 6) is 6.84. The zero-order valence-corrected chi connectivity index (χ0v) is 57.0. The van der Waals surface area contributed by atoms with Crippen molar-refractivity contribution >= 4 is 36.8 Å². The number of rotatable bonds is 18. The van der Waals surface area contributed by atoms with Gasteiger partial charge in [-0.15, -0.1) is 0 Å². The molecule has 421 valence electrons. The molecule has 0 atom stereocenters. The second kappa shape index (κ2) is 28.1. The third kappa shape index (κ3) is 14.4. The van der Waals surface area contributed by atoms with Crippen LogP contribution in [0.2, 0.25) is 0 Å². The van der Waals surface area contributed by atoms with Crippen molar-refractivity contribution in [2.75, 3.05) is 0 Å². The van der Waals surface area contributed by atoms with Gasteiger partial charge in [-0.25, -0.2) is 0 Å². The van der Waals surface area contributed by atoms with E-state index in [0.29, 0.717) is 52.9 Å². The van der Waals surface area contributed by atoms with Crippen LogP contribution in [0.1, 0.15) is 281 Å². The molecule has 0 spiro atoms. The van der Waals surface area contributed by atoms with E-state index in [2.05, 4.69) is 259 Å². The Kier molecular flexibility index (Phi) is 22.4. The van der Waals surface area contributed by atoms with Gasteiger partial charge in [0, 0.05) is 5.56 Å². The van der Waals surface area contributed by atoms with Gasteiger partial charge < -0.3 is 0 Å². The molecule has 4 aliphatic rings. The van der Waals surface area contributed by atoms with E-state index >= 15 is 0 Å². The molecule has 0 aliphatic heterocycles. The molecule has 4 bridgehead atoms. The summed E-state index contributed by atoms with van der Waals surface area (Å²) < 4.78 is 4.66. The fourth-order valence-electron chi connectivity index (χ4n) is 14.5. The monoisotopic (exact) mass is 1180 g/mol. The largest absolute Gasteiger partial charge is 0.0654 e. The molecule has 4 fully saturated rings. The number of hydrogen-bond acceptors (Lipinski definition) is 1. The fraction of sp³-hybridized carbons (Fsp3) is 0.526. The summed E-state index contributed by atoms with van der Waals surface area (Å²) in [5, 5.41) is 0. The molecule has 79 heavy (non-hydrogen) atoms. The van der Waals surface area contributed by atoms with Gasteiger partial charge in [-0.05, 0) is 64.1 Å². The molecule has 0 aromatic heterocycles. The third-order valence-corrected chi connectivity index (χ3v) is 23.5. The standard InChI is InChI=1S/C40H52Ge2N.C30H38.C6H14/c1-24(2)31-12-9-13-32(25(3)4)37(31)35-16-11-17-36(38-33(26(5)6)14-10-15-34(38)27(7)8)39(35)42-43(41)40-21-28-18-29(22-40)20-30(19-28)23-40;1-19(2)25-14-10-15-26(20(3)4)29(25)23-12-9-13-24(18-23)30-27(21(5)6)16-11-17-28(30)22(7)8;1-3-5-6-4-2/h9-17,24-30H,18-23H2,1-8H3;9-22H,1-8H3;3-6H2,1-2H3. The Morgan fingerprint density at radius 1 is 0.456 bits per heavy atom. The van der Waals surface area contributed by atoms with Crippen molar-refractivity contribution in [2.45, 2.75) is 242 Å². The van der Waals surface area contributed by atoms with Gasteiger partial charge in [0.25, 0.3) is 0 Å². The topological polar surface area (TPSA) is 3.24 Å². The predicted molar refractivity (Wildman–Crippen MR) is 351 cm³/mol. The maximum atomic E-state index is 2.99. The van der Waals surface area contributed by atoms with Crippen molar-refractivity contribution in [2.24, 2.45) is 17.8 Å². The van der Waals surface area contributed by atoms with Gasteiger partial charge >= 0.3 is 280 Å². The van der Waals surface area contributed by atoms with Crippen LogP contribution in [0.25, 0.3) is 44.5 Å². The van der Waals surface area contributed by atoms with E-state index in [0.717, 1.165) is 17.8 Å². The van der Waals surface area contributed by atoms with Crippen molar-refractivity contribution in [3.8, 4) is 44.5 Å². The van der Waals surface area contributed by atoms with E-state index in [4.69, 9.17) is 0 Å². The van der Waals surface area contributed by atoms with E-state index in [1.807, 2.05) is 0 Å². The molecule has 0 unspecified atom stereocenters. The zero-order valence-electron chi connectivity index (χ0n) is 52.8. The van der Waals surface area contributed by atoms with Crippen molar-refractivity contribution < 1.29 is 0 Å². The van der Waals surface area contributed by atoms with Crippen LogP contribution in [-0.2, 0) is 0 Å². The minimum atomic E-state index is -0.586. The van der Waals surface area contributed by atoms with Crippen LogP contribution in [0, 0.1) is 17.8 Å². The maximum absolute atomic E-state index is 2.99. The SMILES string of the molecule is CC(C)c1cccc(C(C)C)c1-c1ccc[c+](-c2c(C(C)C)cccc2C(C)C)[cH-]1.CC(C)c1cccc(C(C)C)c1-c1cccc(-c2c(C(C)C)cccc2C(C)C)[c]1[Ge][N]([Ge])C12CC3CC(CC(C3)C1)C2.CCCCCC. The Morgan fingerprint density at radius 2 is 0.772 bits per heavy atom. The van der Waals surface area contributed by atoms with E-state index < -0.39 is 15.7 Å². The zero-order chi connectivity index (χ0) is 57.5. The molecule has 4 aliphatic carbocycles. The molecule has 6 aromatic rings. The first-order chi connectivity index (χ1) is 37.6. The summed E-state index contributed by atoms with van der Waals surface area (Å²) in [6, 6.07) is 44.6. The van der Waals surface area contributed by atoms with Crippen LogP contribution in [0.4, 0.5) is 0 Å². The molecular formula is C76H104Ge2N. The van der Waals surface area contributed by atoms with Crippen molar-refractivity contribution in [3.05, 3.63) is 160 Å². The third-order valence-electron chi connectivity index (χ3n) is 18.2. The Bertz CT molecular complexity index is 2620. The Hall–Kier alpha value is -3.63. The van der Waals surface area contributed by atoms with E-state index in [1.54, 1.807) is 4.40 Å².